The highest BCUT2D eigenvalue weighted by atomic mass is 79.9. The second-order valence-corrected chi connectivity index (χ2v) is 9.64. The quantitative estimate of drug-likeness (QED) is 0.455. The number of aryl methyl sites for hydroxylation is 1. The number of anilines is 1. The molecule has 2 aliphatic rings. The molecule has 0 bridgehead atoms. The van der Waals surface area contributed by atoms with E-state index in [0.29, 0.717) is 23.4 Å². The Labute approximate surface area is 196 Å². The van der Waals surface area contributed by atoms with E-state index in [1.807, 2.05) is 23.5 Å². The van der Waals surface area contributed by atoms with Crippen LogP contribution in [0.1, 0.15) is 46.1 Å². The average molecular weight is 509 g/mol. The number of benzene rings is 1. The van der Waals surface area contributed by atoms with Gasteiger partial charge in [0.2, 0.25) is 5.65 Å². The summed E-state index contributed by atoms with van der Waals surface area (Å²) < 4.78 is 8.13. The number of fused-ring (bicyclic) bond motifs is 4. The van der Waals surface area contributed by atoms with E-state index in [0.717, 1.165) is 46.2 Å². The standard InChI is InChI=1S/C23H21BrN6O3/c1-11-5-18-17(9-16(11)23(32)29-4-3-12-6-14(24)10-25-19(12)29)26-22(31)21-28-27-20(30(18)21)13-7-15(8-13)33-2/h5-6,9-10,13,15H,3-4,7-8H2,1-2H3,(H,26,31). The molecule has 1 aromatic carbocycles. The molecule has 0 spiro atoms. The predicted octanol–water partition coefficient (Wildman–Crippen LogP) is 3.13. The Kier molecular flexibility index (Phi) is 4.63. The van der Waals surface area contributed by atoms with Crippen LogP contribution in [0.4, 0.5) is 5.82 Å². The Morgan fingerprint density at radius 2 is 2.06 bits per heavy atom. The summed E-state index contributed by atoms with van der Waals surface area (Å²) in [5, 5.41) is 8.48. The molecule has 9 nitrogen and oxygen atoms in total. The third kappa shape index (κ3) is 3.12. The highest BCUT2D eigenvalue weighted by Gasteiger charge is 2.35. The molecule has 1 amide bonds. The Hall–Kier alpha value is -3.11. The molecule has 0 radical (unpaired) electrons. The number of amides is 1. The van der Waals surface area contributed by atoms with Crippen LogP contribution in [0.25, 0.3) is 16.7 Å². The number of H-pyrrole nitrogens is 1. The van der Waals surface area contributed by atoms with Gasteiger partial charge in [0.25, 0.3) is 11.5 Å². The molecule has 10 heteroatoms. The lowest BCUT2D eigenvalue weighted by molar-refractivity contribution is 0.0235. The molecule has 0 saturated heterocycles. The van der Waals surface area contributed by atoms with Crippen LogP contribution < -0.4 is 10.5 Å². The summed E-state index contributed by atoms with van der Waals surface area (Å²) in [6.07, 6.45) is 4.36. The number of hydrogen-bond donors (Lipinski definition) is 1. The number of rotatable bonds is 3. The van der Waals surface area contributed by atoms with Gasteiger partial charge in [-0.3, -0.25) is 18.9 Å². The van der Waals surface area contributed by atoms with Gasteiger partial charge in [-0.2, -0.15) is 0 Å². The van der Waals surface area contributed by atoms with Crippen molar-refractivity contribution in [2.75, 3.05) is 18.6 Å². The van der Waals surface area contributed by atoms with Gasteiger partial charge in [0.1, 0.15) is 11.6 Å². The minimum Gasteiger partial charge on any atom is -0.381 e. The van der Waals surface area contributed by atoms with Gasteiger partial charge >= 0.3 is 0 Å². The molecule has 3 aromatic heterocycles. The maximum Gasteiger partial charge on any atom is 0.294 e. The van der Waals surface area contributed by atoms with Gasteiger partial charge in [-0.05, 0) is 71.4 Å². The summed E-state index contributed by atoms with van der Waals surface area (Å²) in [5.74, 6) is 1.50. The number of aromatic nitrogens is 5. The lowest BCUT2D eigenvalue weighted by atomic mass is 9.81. The number of pyridine rings is 1. The van der Waals surface area contributed by atoms with Gasteiger partial charge in [-0.25, -0.2) is 4.98 Å². The maximum atomic E-state index is 13.5. The first-order valence-corrected chi connectivity index (χ1v) is 11.6. The van der Waals surface area contributed by atoms with Crippen molar-refractivity contribution in [1.29, 1.82) is 0 Å². The number of carbonyl (C=O) groups excluding carboxylic acids is 1. The first-order valence-electron chi connectivity index (χ1n) is 10.9. The van der Waals surface area contributed by atoms with Crippen molar-refractivity contribution in [2.24, 2.45) is 0 Å². The summed E-state index contributed by atoms with van der Waals surface area (Å²) in [4.78, 5) is 35.3. The zero-order valence-electron chi connectivity index (χ0n) is 18.1. The topological polar surface area (TPSA) is 105 Å². The highest BCUT2D eigenvalue weighted by molar-refractivity contribution is 9.10. The first-order chi connectivity index (χ1) is 15.9. The number of methoxy groups -OCH3 is 1. The van der Waals surface area contributed by atoms with E-state index >= 15 is 0 Å². The van der Waals surface area contributed by atoms with Gasteiger partial charge in [-0.15, -0.1) is 10.2 Å². The second kappa shape index (κ2) is 7.46. The van der Waals surface area contributed by atoms with Crippen molar-refractivity contribution in [3.63, 3.8) is 0 Å². The number of carbonyl (C=O) groups is 1. The van der Waals surface area contributed by atoms with Crippen LogP contribution in [0.3, 0.4) is 0 Å². The number of nitrogens with zero attached hydrogens (tertiary/aromatic N) is 5. The van der Waals surface area contributed by atoms with E-state index in [2.05, 4.69) is 36.1 Å². The van der Waals surface area contributed by atoms with E-state index in [1.54, 1.807) is 24.3 Å². The van der Waals surface area contributed by atoms with Crippen LogP contribution in [0, 0.1) is 6.92 Å². The van der Waals surface area contributed by atoms with E-state index < -0.39 is 0 Å². The summed E-state index contributed by atoms with van der Waals surface area (Å²) in [6.45, 7) is 2.48. The molecule has 0 atom stereocenters. The molecule has 33 heavy (non-hydrogen) atoms. The van der Waals surface area contributed by atoms with Crippen molar-refractivity contribution in [2.45, 2.75) is 38.2 Å². The average Bonchev–Trinajstić information content (AvgIpc) is 3.38. The molecule has 4 heterocycles. The highest BCUT2D eigenvalue weighted by Crippen LogP contribution is 2.38. The molecular formula is C23H21BrN6O3. The van der Waals surface area contributed by atoms with E-state index in [9.17, 15) is 9.59 Å². The minimum atomic E-state index is -0.329. The van der Waals surface area contributed by atoms with Crippen molar-refractivity contribution >= 4 is 44.3 Å². The van der Waals surface area contributed by atoms with Crippen LogP contribution in [-0.4, -0.2) is 50.2 Å². The molecule has 1 N–H and O–H groups in total. The van der Waals surface area contributed by atoms with Crippen LogP contribution in [-0.2, 0) is 11.2 Å². The van der Waals surface area contributed by atoms with Gasteiger partial charge < -0.3 is 9.72 Å². The fraction of sp³-hybridized carbons (Fsp3) is 0.348. The Morgan fingerprint density at radius 3 is 2.85 bits per heavy atom. The maximum absolute atomic E-state index is 13.5. The second-order valence-electron chi connectivity index (χ2n) is 8.72. The molecule has 1 aliphatic heterocycles. The predicted molar refractivity (Wildman–Crippen MR) is 126 cm³/mol. The molecule has 1 aliphatic carbocycles. The first kappa shape index (κ1) is 20.5. The SMILES string of the molecule is COC1CC(c2nnc3c(=O)[nH]c4cc(C(=O)N5CCc6cc(Br)cnc65)c(C)cc4n23)C1. The molecule has 1 saturated carbocycles. The Bertz CT molecular complexity index is 1500. The van der Waals surface area contributed by atoms with Gasteiger partial charge in [-0.1, -0.05) is 0 Å². The largest absolute Gasteiger partial charge is 0.381 e. The number of aromatic amines is 1. The fourth-order valence-electron chi connectivity index (χ4n) is 4.88. The van der Waals surface area contributed by atoms with Crippen molar-refractivity contribution in [1.82, 2.24) is 24.6 Å². The lowest BCUT2D eigenvalue weighted by Gasteiger charge is -2.32. The van der Waals surface area contributed by atoms with E-state index in [-0.39, 0.29) is 29.1 Å². The van der Waals surface area contributed by atoms with Gasteiger partial charge in [0, 0.05) is 35.8 Å². The molecule has 1 fully saturated rings. The van der Waals surface area contributed by atoms with Crippen LogP contribution in [0.5, 0.6) is 0 Å². The number of ether oxygens (including phenoxy) is 1. The number of halogens is 1. The molecular weight excluding hydrogens is 488 g/mol. The van der Waals surface area contributed by atoms with Gasteiger partial charge in [0.05, 0.1) is 17.1 Å². The zero-order chi connectivity index (χ0) is 22.9. The summed E-state index contributed by atoms with van der Waals surface area (Å²) in [7, 11) is 1.71. The van der Waals surface area contributed by atoms with Crippen molar-refractivity contribution in [3.8, 4) is 0 Å². The van der Waals surface area contributed by atoms with Crippen LogP contribution in [0.2, 0.25) is 0 Å². The smallest absolute Gasteiger partial charge is 0.294 e. The van der Waals surface area contributed by atoms with Gasteiger partial charge in [0.15, 0.2) is 0 Å². The normalized spacial score (nSPS) is 19.8. The third-order valence-electron chi connectivity index (χ3n) is 6.76. The Balaban J connectivity index is 1.46. The molecule has 168 valence electrons. The third-order valence-corrected chi connectivity index (χ3v) is 7.20. The molecule has 4 aromatic rings. The number of nitrogens with one attached hydrogen (secondary N) is 1. The summed E-state index contributed by atoms with van der Waals surface area (Å²) >= 11 is 3.44. The zero-order valence-corrected chi connectivity index (χ0v) is 19.7. The van der Waals surface area contributed by atoms with E-state index in [1.165, 1.54) is 0 Å². The molecule has 6 rings (SSSR count). The van der Waals surface area contributed by atoms with Crippen LogP contribution >= 0.6 is 15.9 Å². The minimum absolute atomic E-state index is 0.130. The van der Waals surface area contributed by atoms with E-state index in [4.69, 9.17) is 4.74 Å². The van der Waals surface area contributed by atoms with Crippen LogP contribution in [0.15, 0.2) is 33.7 Å². The monoisotopic (exact) mass is 508 g/mol. The molecule has 0 unspecified atom stereocenters. The number of hydrogen-bond acceptors (Lipinski definition) is 6. The fourth-order valence-corrected chi connectivity index (χ4v) is 5.26. The summed E-state index contributed by atoms with van der Waals surface area (Å²) in [6, 6.07) is 5.68. The van der Waals surface area contributed by atoms with Crippen molar-refractivity contribution < 1.29 is 9.53 Å². The lowest BCUT2D eigenvalue weighted by Crippen LogP contribution is -2.30. The summed E-state index contributed by atoms with van der Waals surface area (Å²) in [5.41, 5.74) is 3.68. The Morgan fingerprint density at radius 1 is 1.24 bits per heavy atom. The van der Waals surface area contributed by atoms with Crippen molar-refractivity contribution in [3.05, 3.63) is 61.7 Å².